The molecule has 2 N–H and O–H groups in total. The molecule has 2 rings (SSSR count). The molecular weight excluding hydrogens is 268 g/mol. The van der Waals surface area contributed by atoms with Crippen LogP contribution in [0.25, 0.3) is 0 Å². The molecule has 1 amide bonds. The summed E-state index contributed by atoms with van der Waals surface area (Å²) in [5.74, 6) is -1.31. The average Bonchev–Trinajstić information content (AvgIpc) is 2.28. The molecule has 0 bridgehead atoms. The Balaban J connectivity index is 1.86. The molecule has 0 unspecified atom stereocenters. The Morgan fingerprint density at radius 3 is 2.79 bits per heavy atom. The highest BCUT2D eigenvalue weighted by Gasteiger charge is 2.33. The first kappa shape index (κ1) is 13.8. The summed E-state index contributed by atoms with van der Waals surface area (Å²) in [5, 5.41) is 12.1. The minimum absolute atomic E-state index is 0.158. The predicted octanol–water partition coefficient (Wildman–Crippen LogP) is 1.60. The summed E-state index contributed by atoms with van der Waals surface area (Å²) in [6.07, 6.45) is 0. The summed E-state index contributed by atoms with van der Waals surface area (Å²) in [5.41, 5.74) is 1.51. The molecule has 0 atom stereocenters. The summed E-state index contributed by atoms with van der Waals surface area (Å²) in [6, 6.07) is 5.32. The number of rotatable bonds is 4. The van der Waals surface area contributed by atoms with Crippen molar-refractivity contribution >= 4 is 29.2 Å². The number of anilines is 1. The van der Waals surface area contributed by atoms with Gasteiger partial charge in [0, 0.05) is 23.8 Å². The third-order valence-corrected chi connectivity index (χ3v) is 3.62. The molecule has 1 aromatic rings. The van der Waals surface area contributed by atoms with Crippen LogP contribution in [0.4, 0.5) is 5.69 Å². The predicted molar refractivity (Wildman–Crippen MR) is 72.4 cm³/mol. The van der Waals surface area contributed by atoms with Crippen LogP contribution >= 0.6 is 11.6 Å². The number of aliphatic carboxylic acids is 1. The van der Waals surface area contributed by atoms with Gasteiger partial charge in [-0.1, -0.05) is 17.7 Å². The van der Waals surface area contributed by atoms with Gasteiger partial charge >= 0.3 is 5.97 Å². The number of nitrogens with one attached hydrogen (secondary N) is 1. The van der Waals surface area contributed by atoms with E-state index in [0.29, 0.717) is 23.8 Å². The normalized spacial score (nSPS) is 15.9. The first-order chi connectivity index (χ1) is 8.97. The zero-order valence-electron chi connectivity index (χ0n) is 10.5. The number of hydrogen-bond donors (Lipinski definition) is 2. The van der Waals surface area contributed by atoms with Gasteiger partial charge in [-0.05, 0) is 24.6 Å². The van der Waals surface area contributed by atoms with Gasteiger partial charge in [0.25, 0.3) is 0 Å². The Morgan fingerprint density at radius 1 is 1.47 bits per heavy atom. The van der Waals surface area contributed by atoms with Gasteiger partial charge in [0.15, 0.2) is 0 Å². The number of benzene rings is 1. The van der Waals surface area contributed by atoms with E-state index in [1.807, 2.05) is 6.92 Å². The lowest BCUT2D eigenvalue weighted by Gasteiger charge is -2.35. The standard InChI is InChI=1S/C13H15ClN2O3/c1-8-10(14)3-2-4-11(8)15-12(17)7-16-5-9(6-16)13(18)19/h2-4,9H,5-7H2,1H3,(H,15,17)(H,18,19). The molecule has 0 radical (unpaired) electrons. The molecule has 1 fully saturated rings. The van der Waals surface area contributed by atoms with Crippen molar-refractivity contribution in [1.29, 1.82) is 0 Å². The molecule has 0 spiro atoms. The maximum absolute atomic E-state index is 11.8. The van der Waals surface area contributed by atoms with Crippen molar-refractivity contribution in [2.24, 2.45) is 5.92 Å². The van der Waals surface area contributed by atoms with Crippen molar-refractivity contribution in [2.75, 3.05) is 25.0 Å². The third-order valence-electron chi connectivity index (χ3n) is 3.22. The Bertz CT molecular complexity index is 513. The van der Waals surface area contributed by atoms with Crippen LogP contribution in [0.15, 0.2) is 18.2 Å². The van der Waals surface area contributed by atoms with Crippen LogP contribution in [0.1, 0.15) is 5.56 Å². The van der Waals surface area contributed by atoms with Crippen molar-refractivity contribution in [3.05, 3.63) is 28.8 Å². The van der Waals surface area contributed by atoms with Crippen LogP contribution < -0.4 is 5.32 Å². The lowest BCUT2D eigenvalue weighted by atomic mass is 10.0. The van der Waals surface area contributed by atoms with E-state index >= 15 is 0 Å². The van der Waals surface area contributed by atoms with E-state index in [-0.39, 0.29) is 18.4 Å². The second-order valence-corrected chi connectivity index (χ2v) is 5.10. The lowest BCUT2D eigenvalue weighted by molar-refractivity contribution is -0.148. The van der Waals surface area contributed by atoms with E-state index < -0.39 is 5.97 Å². The number of carbonyl (C=O) groups is 2. The van der Waals surface area contributed by atoms with Crippen molar-refractivity contribution in [2.45, 2.75) is 6.92 Å². The molecule has 1 heterocycles. The van der Waals surface area contributed by atoms with Gasteiger partial charge in [0.1, 0.15) is 0 Å². The first-order valence-electron chi connectivity index (χ1n) is 5.97. The topological polar surface area (TPSA) is 69.6 Å². The van der Waals surface area contributed by atoms with Crippen molar-refractivity contribution < 1.29 is 14.7 Å². The minimum atomic E-state index is -0.803. The van der Waals surface area contributed by atoms with Crippen LogP contribution in [-0.2, 0) is 9.59 Å². The van der Waals surface area contributed by atoms with Crippen molar-refractivity contribution in [3.8, 4) is 0 Å². The first-order valence-corrected chi connectivity index (χ1v) is 6.35. The summed E-state index contributed by atoms with van der Waals surface area (Å²) < 4.78 is 0. The van der Waals surface area contributed by atoms with Crippen LogP contribution in [0.2, 0.25) is 5.02 Å². The molecule has 0 aliphatic carbocycles. The number of nitrogens with zero attached hydrogens (tertiary/aromatic N) is 1. The molecule has 0 aromatic heterocycles. The molecule has 19 heavy (non-hydrogen) atoms. The number of amides is 1. The molecule has 6 heteroatoms. The monoisotopic (exact) mass is 282 g/mol. The van der Waals surface area contributed by atoms with Crippen LogP contribution in [0, 0.1) is 12.8 Å². The highest BCUT2D eigenvalue weighted by Crippen LogP contribution is 2.23. The van der Waals surface area contributed by atoms with E-state index in [1.54, 1.807) is 23.1 Å². The zero-order valence-corrected chi connectivity index (χ0v) is 11.3. The van der Waals surface area contributed by atoms with E-state index in [2.05, 4.69) is 5.32 Å². The number of carbonyl (C=O) groups excluding carboxylic acids is 1. The van der Waals surface area contributed by atoms with Gasteiger partial charge in [-0.25, -0.2) is 0 Å². The molecule has 1 aliphatic rings. The van der Waals surface area contributed by atoms with Crippen molar-refractivity contribution in [3.63, 3.8) is 0 Å². The molecule has 0 saturated carbocycles. The Kier molecular flexibility index (Phi) is 4.07. The second-order valence-electron chi connectivity index (χ2n) is 4.69. The second kappa shape index (κ2) is 5.59. The maximum Gasteiger partial charge on any atom is 0.309 e. The third kappa shape index (κ3) is 3.24. The fourth-order valence-electron chi connectivity index (χ4n) is 1.99. The van der Waals surface area contributed by atoms with Gasteiger partial charge in [-0.15, -0.1) is 0 Å². The molecule has 5 nitrogen and oxygen atoms in total. The van der Waals surface area contributed by atoms with Gasteiger partial charge in [-0.2, -0.15) is 0 Å². The quantitative estimate of drug-likeness (QED) is 0.880. The number of carboxylic acids is 1. The summed E-state index contributed by atoms with van der Waals surface area (Å²) in [7, 11) is 0. The highest BCUT2D eigenvalue weighted by atomic mass is 35.5. The number of carboxylic acid groups (broad SMARTS) is 1. The molecular formula is C13H15ClN2O3. The summed E-state index contributed by atoms with van der Waals surface area (Å²) >= 11 is 5.97. The lowest BCUT2D eigenvalue weighted by Crippen LogP contribution is -2.52. The Hall–Kier alpha value is -1.59. The summed E-state index contributed by atoms with van der Waals surface area (Å²) in [6.45, 7) is 2.90. The van der Waals surface area contributed by atoms with E-state index in [4.69, 9.17) is 16.7 Å². The van der Waals surface area contributed by atoms with Gasteiger partial charge in [0.2, 0.25) is 5.91 Å². The number of hydrogen-bond acceptors (Lipinski definition) is 3. The molecule has 102 valence electrons. The average molecular weight is 283 g/mol. The largest absolute Gasteiger partial charge is 0.481 e. The minimum Gasteiger partial charge on any atom is -0.481 e. The van der Waals surface area contributed by atoms with Gasteiger partial charge < -0.3 is 10.4 Å². The fourth-order valence-corrected chi connectivity index (χ4v) is 2.17. The maximum atomic E-state index is 11.8. The van der Waals surface area contributed by atoms with Crippen LogP contribution in [0.5, 0.6) is 0 Å². The zero-order chi connectivity index (χ0) is 14.0. The summed E-state index contributed by atoms with van der Waals surface area (Å²) in [4.78, 5) is 24.3. The smallest absolute Gasteiger partial charge is 0.309 e. The fraction of sp³-hybridized carbons (Fsp3) is 0.385. The Labute approximate surface area is 116 Å². The van der Waals surface area contributed by atoms with Gasteiger partial charge in [0.05, 0.1) is 12.5 Å². The molecule has 1 aromatic carbocycles. The van der Waals surface area contributed by atoms with Crippen molar-refractivity contribution in [1.82, 2.24) is 4.90 Å². The van der Waals surface area contributed by atoms with E-state index in [0.717, 1.165) is 5.56 Å². The Morgan fingerprint density at radius 2 is 2.16 bits per heavy atom. The van der Waals surface area contributed by atoms with E-state index in [1.165, 1.54) is 0 Å². The van der Waals surface area contributed by atoms with E-state index in [9.17, 15) is 9.59 Å². The highest BCUT2D eigenvalue weighted by molar-refractivity contribution is 6.31. The molecule has 1 aliphatic heterocycles. The SMILES string of the molecule is Cc1c(Cl)cccc1NC(=O)CN1CC(C(=O)O)C1. The number of halogens is 1. The molecule has 1 saturated heterocycles. The van der Waals surface area contributed by atoms with Crippen LogP contribution in [-0.4, -0.2) is 41.5 Å². The number of likely N-dealkylation sites (tertiary alicyclic amines) is 1. The van der Waals surface area contributed by atoms with Gasteiger partial charge in [-0.3, -0.25) is 14.5 Å². The van der Waals surface area contributed by atoms with Crippen LogP contribution in [0.3, 0.4) is 0 Å².